The van der Waals surface area contributed by atoms with Crippen LogP contribution in [0.25, 0.3) is 6.08 Å². The average Bonchev–Trinajstić information content (AvgIpc) is 3.18. The highest BCUT2D eigenvalue weighted by Crippen LogP contribution is 2.26. The molecule has 27 heavy (non-hydrogen) atoms. The maximum atomic E-state index is 12.4. The topological polar surface area (TPSA) is 56.1 Å². The minimum absolute atomic E-state index is 0.0260. The number of nitrogens with zero attached hydrogens (tertiary/aromatic N) is 2. The molecule has 1 aliphatic rings. The van der Waals surface area contributed by atoms with E-state index in [1.165, 1.54) is 18.5 Å². The molecule has 0 radical (unpaired) electrons. The van der Waals surface area contributed by atoms with Crippen LogP contribution in [0, 0.1) is 18.3 Å². The molecule has 0 spiro atoms. The number of nitrogens with one attached hydrogen (secondary N) is 1. The third kappa shape index (κ3) is 4.63. The molecule has 1 saturated heterocycles. The van der Waals surface area contributed by atoms with E-state index < -0.39 is 5.91 Å². The Morgan fingerprint density at radius 2 is 1.89 bits per heavy atom. The highest BCUT2D eigenvalue weighted by atomic mass is 35.5. The predicted molar refractivity (Wildman–Crippen MR) is 111 cm³/mol. The van der Waals surface area contributed by atoms with Crippen molar-refractivity contribution in [1.29, 1.82) is 5.26 Å². The maximum absolute atomic E-state index is 12.4. The number of carbonyl (C=O) groups excluding carboxylic acids is 1. The van der Waals surface area contributed by atoms with Gasteiger partial charge >= 0.3 is 0 Å². The van der Waals surface area contributed by atoms with E-state index in [1.807, 2.05) is 25.1 Å². The first-order chi connectivity index (χ1) is 13.0. The van der Waals surface area contributed by atoms with E-state index in [0.29, 0.717) is 15.7 Å². The van der Waals surface area contributed by atoms with Gasteiger partial charge in [0.1, 0.15) is 11.6 Å². The van der Waals surface area contributed by atoms with Crippen LogP contribution in [-0.4, -0.2) is 19.0 Å². The van der Waals surface area contributed by atoms with Gasteiger partial charge in [-0.3, -0.25) is 4.79 Å². The molecule has 0 saturated carbocycles. The minimum Gasteiger partial charge on any atom is -0.372 e. The van der Waals surface area contributed by atoms with Crippen molar-refractivity contribution in [2.45, 2.75) is 19.8 Å². The van der Waals surface area contributed by atoms with E-state index in [4.69, 9.17) is 23.2 Å². The molecule has 138 valence electrons. The zero-order valence-electron chi connectivity index (χ0n) is 14.9. The van der Waals surface area contributed by atoms with Gasteiger partial charge in [-0.25, -0.2) is 0 Å². The smallest absolute Gasteiger partial charge is 0.266 e. The first-order valence-electron chi connectivity index (χ1n) is 8.72. The lowest BCUT2D eigenvalue weighted by molar-refractivity contribution is -0.112. The molecule has 1 N–H and O–H groups in total. The summed E-state index contributed by atoms with van der Waals surface area (Å²) in [4.78, 5) is 14.8. The van der Waals surface area contributed by atoms with Crippen LogP contribution in [0.2, 0.25) is 10.0 Å². The number of carbonyl (C=O) groups is 1. The fraction of sp³-hybridized carbons (Fsp3) is 0.238. The Hall–Kier alpha value is -2.48. The molecule has 0 unspecified atom stereocenters. The summed E-state index contributed by atoms with van der Waals surface area (Å²) in [6.07, 6.45) is 4.04. The molecule has 0 atom stereocenters. The predicted octanol–water partition coefficient (Wildman–Crippen LogP) is 5.45. The number of rotatable bonds is 4. The van der Waals surface area contributed by atoms with Crippen LogP contribution in [0.1, 0.15) is 24.0 Å². The summed E-state index contributed by atoms with van der Waals surface area (Å²) in [6.45, 7) is 4.13. The van der Waals surface area contributed by atoms with Gasteiger partial charge in [-0.05, 0) is 67.3 Å². The van der Waals surface area contributed by atoms with Gasteiger partial charge in [0.15, 0.2) is 0 Å². The molecular weight excluding hydrogens is 381 g/mol. The van der Waals surface area contributed by atoms with Crippen molar-refractivity contribution >= 4 is 46.6 Å². The monoisotopic (exact) mass is 399 g/mol. The van der Waals surface area contributed by atoms with Gasteiger partial charge in [0.25, 0.3) is 5.91 Å². The van der Waals surface area contributed by atoms with Gasteiger partial charge in [-0.1, -0.05) is 29.3 Å². The standard InChI is InChI=1S/C21H19Cl2N3O/c1-14-10-18(26-8-2-3-9-26)6-4-15(14)11-16(13-24)21(27)25-17-5-7-19(22)20(23)12-17/h4-7,10-12H,2-3,8-9H2,1H3,(H,25,27)/b16-11-. The Morgan fingerprint density at radius 1 is 1.15 bits per heavy atom. The van der Waals surface area contributed by atoms with Crippen molar-refractivity contribution in [3.8, 4) is 6.07 Å². The van der Waals surface area contributed by atoms with E-state index in [0.717, 1.165) is 24.2 Å². The van der Waals surface area contributed by atoms with E-state index >= 15 is 0 Å². The van der Waals surface area contributed by atoms with E-state index in [1.54, 1.807) is 24.3 Å². The average molecular weight is 400 g/mol. The van der Waals surface area contributed by atoms with Crippen LogP contribution in [0.3, 0.4) is 0 Å². The molecule has 2 aromatic carbocycles. The lowest BCUT2D eigenvalue weighted by Crippen LogP contribution is -2.17. The first-order valence-corrected chi connectivity index (χ1v) is 9.47. The fourth-order valence-corrected chi connectivity index (χ4v) is 3.37. The number of nitriles is 1. The molecule has 4 nitrogen and oxygen atoms in total. The zero-order valence-corrected chi connectivity index (χ0v) is 16.4. The Morgan fingerprint density at radius 3 is 2.52 bits per heavy atom. The van der Waals surface area contributed by atoms with Crippen LogP contribution < -0.4 is 10.2 Å². The molecule has 1 aliphatic heterocycles. The summed E-state index contributed by atoms with van der Waals surface area (Å²) < 4.78 is 0. The van der Waals surface area contributed by atoms with Crippen LogP contribution in [0.4, 0.5) is 11.4 Å². The first kappa shape index (κ1) is 19.3. The Kier molecular flexibility index (Phi) is 6.05. The molecule has 0 aliphatic carbocycles. The quantitative estimate of drug-likeness (QED) is 0.549. The van der Waals surface area contributed by atoms with E-state index in [2.05, 4.69) is 16.3 Å². The van der Waals surface area contributed by atoms with Crippen LogP contribution >= 0.6 is 23.2 Å². The van der Waals surface area contributed by atoms with Gasteiger partial charge < -0.3 is 10.2 Å². The number of hydrogen-bond donors (Lipinski definition) is 1. The molecule has 0 bridgehead atoms. The molecule has 6 heteroatoms. The molecule has 1 heterocycles. The van der Waals surface area contributed by atoms with Crippen molar-refractivity contribution in [1.82, 2.24) is 0 Å². The summed E-state index contributed by atoms with van der Waals surface area (Å²) in [5.41, 5.74) is 3.56. The normalized spacial score (nSPS) is 14.1. The number of benzene rings is 2. The van der Waals surface area contributed by atoms with Crippen LogP contribution in [0.5, 0.6) is 0 Å². The van der Waals surface area contributed by atoms with Gasteiger partial charge in [0.05, 0.1) is 10.0 Å². The number of amides is 1. The molecule has 0 aromatic heterocycles. The summed E-state index contributed by atoms with van der Waals surface area (Å²) in [5, 5.41) is 12.8. The maximum Gasteiger partial charge on any atom is 0.266 e. The molecule has 3 rings (SSSR count). The molecule has 1 fully saturated rings. The van der Waals surface area contributed by atoms with Crippen LogP contribution in [-0.2, 0) is 4.79 Å². The number of anilines is 2. The van der Waals surface area contributed by atoms with E-state index in [9.17, 15) is 10.1 Å². The fourth-order valence-electron chi connectivity index (χ4n) is 3.07. The lowest BCUT2D eigenvalue weighted by atomic mass is 10.0. The summed E-state index contributed by atoms with van der Waals surface area (Å²) >= 11 is 11.8. The van der Waals surface area contributed by atoms with Crippen molar-refractivity contribution < 1.29 is 4.79 Å². The number of halogens is 2. The Labute approximate surface area is 169 Å². The molecule has 1 amide bonds. The summed E-state index contributed by atoms with van der Waals surface area (Å²) in [5.74, 6) is -0.487. The van der Waals surface area contributed by atoms with Crippen molar-refractivity contribution in [3.63, 3.8) is 0 Å². The minimum atomic E-state index is -0.487. The number of hydrogen-bond acceptors (Lipinski definition) is 3. The highest BCUT2D eigenvalue weighted by Gasteiger charge is 2.14. The highest BCUT2D eigenvalue weighted by molar-refractivity contribution is 6.42. The van der Waals surface area contributed by atoms with Crippen LogP contribution in [0.15, 0.2) is 42.0 Å². The molecular formula is C21H19Cl2N3O. The SMILES string of the molecule is Cc1cc(N2CCCC2)ccc1/C=C(/C#N)C(=O)Nc1ccc(Cl)c(Cl)c1. The second-order valence-corrected chi connectivity index (χ2v) is 7.30. The zero-order chi connectivity index (χ0) is 19.4. The summed E-state index contributed by atoms with van der Waals surface area (Å²) in [6, 6.07) is 12.8. The Bertz CT molecular complexity index is 941. The van der Waals surface area contributed by atoms with Gasteiger partial charge in [0, 0.05) is 24.5 Å². The molecule has 2 aromatic rings. The third-order valence-electron chi connectivity index (χ3n) is 4.57. The summed E-state index contributed by atoms with van der Waals surface area (Å²) in [7, 11) is 0. The lowest BCUT2D eigenvalue weighted by Gasteiger charge is -2.18. The Balaban J connectivity index is 1.79. The van der Waals surface area contributed by atoms with Crippen molar-refractivity contribution in [2.24, 2.45) is 0 Å². The van der Waals surface area contributed by atoms with Gasteiger partial charge in [-0.15, -0.1) is 0 Å². The van der Waals surface area contributed by atoms with Gasteiger partial charge in [0.2, 0.25) is 0 Å². The van der Waals surface area contributed by atoms with Gasteiger partial charge in [-0.2, -0.15) is 5.26 Å². The second kappa shape index (κ2) is 8.47. The number of aryl methyl sites for hydroxylation is 1. The second-order valence-electron chi connectivity index (χ2n) is 6.49. The largest absolute Gasteiger partial charge is 0.372 e. The van der Waals surface area contributed by atoms with Crippen molar-refractivity contribution in [3.05, 3.63) is 63.1 Å². The van der Waals surface area contributed by atoms with E-state index in [-0.39, 0.29) is 5.57 Å². The van der Waals surface area contributed by atoms with Crippen molar-refractivity contribution in [2.75, 3.05) is 23.3 Å². The third-order valence-corrected chi connectivity index (χ3v) is 5.31.